The molecule has 2 rings (SSSR count). The first-order valence-electron chi connectivity index (χ1n) is 4.91. The summed E-state index contributed by atoms with van der Waals surface area (Å²) in [6.45, 7) is 3.62. The molecule has 0 aromatic carbocycles. The van der Waals surface area contributed by atoms with E-state index < -0.39 is 5.97 Å². The molecule has 1 N–H and O–H groups in total. The number of hydrogen-bond acceptors (Lipinski definition) is 4. The molecule has 0 aliphatic rings. The van der Waals surface area contributed by atoms with Crippen molar-refractivity contribution in [1.82, 2.24) is 4.98 Å². The predicted octanol–water partition coefficient (Wildman–Crippen LogP) is 2.50. The minimum absolute atomic E-state index is 0.119. The fraction of sp³-hybridized carbons (Fsp3) is 0.273. The van der Waals surface area contributed by atoms with Crippen LogP contribution >= 0.6 is 0 Å². The van der Waals surface area contributed by atoms with Crippen molar-refractivity contribution in [1.29, 1.82) is 0 Å². The molecule has 84 valence electrons. The SMILES string of the molecule is CCc1nc(-c2ccc(C)o2)oc1C(=O)O. The van der Waals surface area contributed by atoms with Gasteiger partial charge in [-0.1, -0.05) is 6.92 Å². The van der Waals surface area contributed by atoms with Crippen LogP contribution in [0.4, 0.5) is 0 Å². The molecule has 0 aliphatic carbocycles. The Hall–Kier alpha value is -2.04. The molecule has 2 heterocycles. The lowest BCUT2D eigenvalue weighted by molar-refractivity contribution is 0.0661. The molecule has 0 aliphatic heterocycles. The van der Waals surface area contributed by atoms with Crippen LogP contribution in [-0.2, 0) is 6.42 Å². The van der Waals surface area contributed by atoms with Crippen molar-refractivity contribution in [3.8, 4) is 11.7 Å². The van der Waals surface area contributed by atoms with Crippen LogP contribution in [0.3, 0.4) is 0 Å². The number of oxazole rings is 1. The number of aromatic nitrogens is 1. The van der Waals surface area contributed by atoms with Gasteiger partial charge >= 0.3 is 5.97 Å². The van der Waals surface area contributed by atoms with Crippen molar-refractivity contribution in [2.75, 3.05) is 0 Å². The van der Waals surface area contributed by atoms with Crippen molar-refractivity contribution in [3.63, 3.8) is 0 Å². The summed E-state index contributed by atoms with van der Waals surface area (Å²) in [5, 5.41) is 8.90. The van der Waals surface area contributed by atoms with Crippen LogP contribution in [0.5, 0.6) is 0 Å². The normalized spacial score (nSPS) is 10.6. The summed E-state index contributed by atoms with van der Waals surface area (Å²) in [5.74, 6) is 0.149. The van der Waals surface area contributed by atoms with E-state index in [4.69, 9.17) is 13.9 Å². The van der Waals surface area contributed by atoms with Gasteiger partial charge in [0.15, 0.2) is 5.76 Å². The van der Waals surface area contributed by atoms with Crippen LogP contribution < -0.4 is 0 Å². The molecular formula is C11H11NO4. The average Bonchev–Trinajstić information content (AvgIpc) is 2.82. The first-order chi connectivity index (χ1) is 7.61. The molecule has 0 amide bonds. The van der Waals surface area contributed by atoms with Gasteiger partial charge < -0.3 is 13.9 Å². The van der Waals surface area contributed by atoms with Crippen LogP contribution in [0.15, 0.2) is 21.0 Å². The van der Waals surface area contributed by atoms with E-state index in [-0.39, 0.29) is 11.7 Å². The van der Waals surface area contributed by atoms with E-state index in [1.165, 1.54) is 0 Å². The van der Waals surface area contributed by atoms with Crippen molar-refractivity contribution in [2.45, 2.75) is 20.3 Å². The zero-order chi connectivity index (χ0) is 11.7. The fourth-order valence-corrected chi connectivity index (χ4v) is 1.41. The average molecular weight is 221 g/mol. The first kappa shape index (κ1) is 10.5. The van der Waals surface area contributed by atoms with Crippen molar-refractivity contribution >= 4 is 5.97 Å². The lowest BCUT2D eigenvalue weighted by atomic mass is 10.3. The van der Waals surface area contributed by atoms with Crippen LogP contribution in [0, 0.1) is 6.92 Å². The molecule has 0 fully saturated rings. The second-order valence-corrected chi connectivity index (χ2v) is 3.36. The maximum absolute atomic E-state index is 10.9. The third kappa shape index (κ3) is 1.71. The summed E-state index contributed by atoms with van der Waals surface area (Å²) in [4.78, 5) is 15.0. The molecule has 0 atom stereocenters. The highest BCUT2D eigenvalue weighted by Gasteiger charge is 2.20. The second kappa shape index (κ2) is 3.84. The second-order valence-electron chi connectivity index (χ2n) is 3.36. The number of rotatable bonds is 3. The van der Waals surface area contributed by atoms with Gasteiger partial charge in [-0.3, -0.25) is 0 Å². The summed E-state index contributed by atoms with van der Waals surface area (Å²) in [5.41, 5.74) is 0.427. The van der Waals surface area contributed by atoms with Gasteiger partial charge in [0.25, 0.3) is 5.89 Å². The van der Waals surface area contributed by atoms with E-state index >= 15 is 0 Å². The number of carbonyl (C=O) groups is 1. The number of aromatic carboxylic acids is 1. The monoisotopic (exact) mass is 221 g/mol. The Labute approximate surface area is 91.7 Å². The summed E-state index contributed by atoms with van der Waals surface area (Å²) >= 11 is 0. The zero-order valence-corrected chi connectivity index (χ0v) is 8.98. The highest BCUT2D eigenvalue weighted by atomic mass is 16.4. The summed E-state index contributed by atoms with van der Waals surface area (Å²) in [7, 11) is 0. The Kier molecular flexibility index (Phi) is 2.52. The molecule has 0 bridgehead atoms. The number of carboxylic acids is 1. The highest BCUT2D eigenvalue weighted by molar-refractivity contribution is 5.86. The van der Waals surface area contributed by atoms with Crippen molar-refractivity contribution in [2.24, 2.45) is 0 Å². The molecule has 5 heteroatoms. The molecule has 2 aromatic heterocycles. The Bertz CT molecular complexity index is 524. The highest BCUT2D eigenvalue weighted by Crippen LogP contribution is 2.24. The van der Waals surface area contributed by atoms with E-state index in [1.54, 1.807) is 19.1 Å². The number of carboxylic acid groups (broad SMARTS) is 1. The number of furan rings is 1. The van der Waals surface area contributed by atoms with Crippen molar-refractivity contribution in [3.05, 3.63) is 29.3 Å². The van der Waals surface area contributed by atoms with Crippen LogP contribution in [0.1, 0.15) is 28.9 Å². The van der Waals surface area contributed by atoms with Crippen molar-refractivity contribution < 1.29 is 18.7 Å². The third-order valence-electron chi connectivity index (χ3n) is 2.18. The van der Waals surface area contributed by atoms with Gasteiger partial charge in [-0.2, -0.15) is 0 Å². The van der Waals surface area contributed by atoms with Crippen LogP contribution in [-0.4, -0.2) is 16.1 Å². The number of aryl methyl sites for hydroxylation is 2. The van der Waals surface area contributed by atoms with Gasteiger partial charge in [-0.15, -0.1) is 0 Å². The molecule has 5 nitrogen and oxygen atoms in total. The molecular weight excluding hydrogens is 210 g/mol. The Morgan fingerprint density at radius 1 is 1.44 bits per heavy atom. The quantitative estimate of drug-likeness (QED) is 0.861. The topological polar surface area (TPSA) is 76.5 Å². The number of nitrogens with zero attached hydrogens (tertiary/aromatic N) is 1. The van der Waals surface area contributed by atoms with Gasteiger partial charge in [0, 0.05) is 0 Å². The Morgan fingerprint density at radius 2 is 2.19 bits per heavy atom. The molecule has 0 saturated carbocycles. The van der Waals surface area contributed by atoms with E-state index in [1.807, 2.05) is 6.92 Å². The summed E-state index contributed by atoms with van der Waals surface area (Å²) in [6.07, 6.45) is 0.505. The fourth-order valence-electron chi connectivity index (χ4n) is 1.41. The van der Waals surface area contributed by atoms with Crippen LogP contribution in [0.2, 0.25) is 0 Å². The van der Waals surface area contributed by atoms with Gasteiger partial charge in [0.2, 0.25) is 5.76 Å². The smallest absolute Gasteiger partial charge is 0.373 e. The predicted molar refractivity (Wildman–Crippen MR) is 55.3 cm³/mol. The Morgan fingerprint density at radius 3 is 2.62 bits per heavy atom. The molecule has 16 heavy (non-hydrogen) atoms. The Balaban J connectivity index is 2.47. The van der Waals surface area contributed by atoms with Gasteiger partial charge in [-0.05, 0) is 25.5 Å². The zero-order valence-electron chi connectivity index (χ0n) is 8.98. The molecule has 0 unspecified atom stereocenters. The maximum Gasteiger partial charge on any atom is 0.373 e. The lowest BCUT2D eigenvalue weighted by Gasteiger charge is -1.88. The van der Waals surface area contributed by atoms with Gasteiger partial charge in [-0.25, -0.2) is 9.78 Å². The standard InChI is InChI=1S/C11H11NO4/c1-3-7-9(11(13)14)16-10(12-7)8-5-4-6(2)15-8/h4-5H,3H2,1-2H3,(H,13,14). The molecule has 2 aromatic rings. The molecule has 0 saturated heterocycles. The van der Waals surface area contributed by atoms with Crippen LogP contribution in [0.25, 0.3) is 11.7 Å². The van der Waals surface area contributed by atoms with Gasteiger partial charge in [0.05, 0.1) is 5.69 Å². The minimum Gasteiger partial charge on any atom is -0.475 e. The van der Waals surface area contributed by atoms with E-state index in [2.05, 4.69) is 4.98 Å². The lowest BCUT2D eigenvalue weighted by Crippen LogP contribution is -1.98. The van der Waals surface area contributed by atoms with E-state index in [0.717, 1.165) is 5.76 Å². The largest absolute Gasteiger partial charge is 0.475 e. The minimum atomic E-state index is -1.11. The molecule has 0 radical (unpaired) electrons. The van der Waals surface area contributed by atoms with Gasteiger partial charge in [0.1, 0.15) is 5.76 Å². The maximum atomic E-state index is 10.9. The first-order valence-corrected chi connectivity index (χ1v) is 4.91. The van der Waals surface area contributed by atoms with E-state index in [9.17, 15) is 4.79 Å². The van der Waals surface area contributed by atoms with E-state index in [0.29, 0.717) is 17.9 Å². The number of hydrogen-bond donors (Lipinski definition) is 1. The molecule has 0 spiro atoms. The third-order valence-corrected chi connectivity index (χ3v) is 2.18. The summed E-state index contributed by atoms with van der Waals surface area (Å²) in [6, 6.07) is 3.47. The summed E-state index contributed by atoms with van der Waals surface area (Å²) < 4.78 is 10.5.